The summed E-state index contributed by atoms with van der Waals surface area (Å²) in [6.07, 6.45) is 2.44. The van der Waals surface area contributed by atoms with Crippen molar-refractivity contribution < 1.29 is 31.9 Å². The minimum atomic E-state index is -3.81. The first-order chi connectivity index (χ1) is 16.6. The van der Waals surface area contributed by atoms with Crippen molar-refractivity contribution in [2.24, 2.45) is 5.10 Å². The van der Waals surface area contributed by atoms with Crippen LogP contribution in [0.25, 0.3) is 5.70 Å². The van der Waals surface area contributed by atoms with Crippen LogP contribution in [0.1, 0.15) is 21.5 Å². The summed E-state index contributed by atoms with van der Waals surface area (Å²) in [5, 5.41) is 21.8. The van der Waals surface area contributed by atoms with Crippen molar-refractivity contribution in [2.45, 2.75) is 18.5 Å². The van der Waals surface area contributed by atoms with Gasteiger partial charge in [-0.2, -0.15) is 19.4 Å². The van der Waals surface area contributed by atoms with Gasteiger partial charge in [-0.25, -0.2) is 17.6 Å². The van der Waals surface area contributed by atoms with Crippen molar-refractivity contribution in [3.63, 3.8) is 0 Å². The number of nitrogens with zero attached hydrogens (tertiary/aromatic N) is 4. The Morgan fingerprint density at radius 3 is 2.43 bits per heavy atom. The monoisotopic (exact) mass is 494 g/mol. The number of hydrogen-bond donors (Lipinski definition) is 3. The number of nitrogens with one attached hydrogen (secondary N) is 2. The summed E-state index contributed by atoms with van der Waals surface area (Å²) >= 11 is 0. The third kappa shape index (κ3) is 6.26. The van der Waals surface area contributed by atoms with Crippen LogP contribution in [-0.2, 0) is 6.54 Å². The largest absolute Gasteiger partial charge is 0.390 e. The topological polar surface area (TPSA) is 104 Å². The molecule has 35 heavy (non-hydrogen) atoms. The van der Waals surface area contributed by atoms with E-state index in [9.17, 15) is 26.7 Å². The highest BCUT2D eigenvalue weighted by molar-refractivity contribution is 6.07. The maximum absolute atomic E-state index is 14.9. The van der Waals surface area contributed by atoms with Gasteiger partial charge in [-0.15, -0.1) is 5.10 Å². The average Bonchev–Trinajstić information content (AvgIpc) is 3.35. The molecule has 0 aliphatic carbocycles. The fourth-order valence-electron chi connectivity index (χ4n) is 2.94. The Bertz CT molecular complexity index is 1220. The van der Waals surface area contributed by atoms with Gasteiger partial charge in [0, 0.05) is 0 Å². The van der Waals surface area contributed by atoms with Gasteiger partial charge in [-0.05, 0) is 42.0 Å². The molecule has 0 aliphatic heterocycles. The molecule has 0 fully saturated rings. The van der Waals surface area contributed by atoms with Crippen LogP contribution < -0.4 is 10.7 Å². The van der Waals surface area contributed by atoms with Gasteiger partial charge < -0.3 is 10.4 Å². The van der Waals surface area contributed by atoms with Crippen LogP contribution in [-0.4, -0.2) is 50.5 Å². The first kappa shape index (κ1) is 25.5. The number of hydrogen-bond acceptors (Lipinski definition) is 6. The Hall–Kier alpha value is -4.13. The lowest BCUT2D eigenvalue weighted by molar-refractivity contribution is -0.0823. The maximum atomic E-state index is 14.9. The molecule has 3 N–H and O–H groups in total. The molecule has 0 radical (unpaired) electrons. The molecule has 8 nitrogen and oxygen atoms in total. The third-order valence-electron chi connectivity index (χ3n) is 4.78. The standard InChI is InChI=1S/C22H19F5N6O2/c1-13(14-5-7-15(23)8-6-14)31-32-20(25)19-16(3-2-4-17(19)24)21(35)30-18(22(26,27)12-34)11-33-28-9-10-29-33/h2-10,18,31,34H,1,11-12H2,(H,30,35)/b32-20-/t18-/m1/s1. The summed E-state index contributed by atoms with van der Waals surface area (Å²) in [5.74, 6) is -8.24. The number of halogens is 5. The number of benzene rings is 2. The number of rotatable bonds is 10. The van der Waals surface area contributed by atoms with Crippen LogP contribution in [0.3, 0.4) is 0 Å². The van der Waals surface area contributed by atoms with Crippen molar-refractivity contribution in [1.82, 2.24) is 25.7 Å². The molecule has 13 heteroatoms. The Morgan fingerprint density at radius 2 is 1.80 bits per heavy atom. The first-order valence-corrected chi connectivity index (χ1v) is 9.99. The van der Waals surface area contributed by atoms with E-state index in [2.05, 4.69) is 27.3 Å². The molecule has 0 aliphatic rings. The second-order valence-electron chi connectivity index (χ2n) is 7.19. The molecule has 0 bridgehead atoms. The zero-order valence-corrected chi connectivity index (χ0v) is 17.9. The summed E-state index contributed by atoms with van der Waals surface area (Å²) < 4.78 is 70.9. The van der Waals surface area contributed by atoms with Gasteiger partial charge in [0.25, 0.3) is 11.8 Å². The van der Waals surface area contributed by atoms with E-state index in [4.69, 9.17) is 5.11 Å². The van der Waals surface area contributed by atoms with Crippen molar-refractivity contribution in [2.75, 3.05) is 6.61 Å². The molecule has 184 valence electrons. The normalized spacial score (nSPS) is 12.8. The van der Waals surface area contributed by atoms with Crippen LogP contribution in [0.5, 0.6) is 0 Å². The van der Waals surface area contributed by atoms with E-state index in [0.717, 1.165) is 35.1 Å². The van der Waals surface area contributed by atoms with Gasteiger partial charge in [-0.1, -0.05) is 12.6 Å². The van der Waals surface area contributed by atoms with Crippen molar-refractivity contribution >= 4 is 17.6 Å². The van der Waals surface area contributed by atoms with Gasteiger partial charge in [0.05, 0.1) is 35.8 Å². The van der Waals surface area contributed by atoms with Gasteiger partial charge in [-0.3, -0.25) is 10.2 Å². The summed E-state index contributed by atoms with van der Waals surface area (Å²) in [6, 6.07) is 5.89. The highest BCUT2D eigenvalue weighted by Gasteiger charge is 2.41. The number of hydrazone groups is 1. The Balaban J connectivity index is 1.85. The van der Waals surface area contributed by atoms with Crippen molar-refractivity contribution in [3.8, 4) is 0 Å². The predicted molar refractivity (Wildman–Crippen MR) is 116 cm³/mol. The molecule has 0 saturated heterocycles. The number of amides is 1. The van der Waals surface area contributed by atoms with Crippen LogP contribution >= 0.6 is 0 Å². The maximum Gasteiger partial charge on any atom is 0.292 e. The molecular weight excluding hydrogens is 475 g/mol. The number of aliphatic hydroxyl groups is 1. The molecular formula is C22H19F5N6O2. The lowest BCUT2D eigenvalue weighted by Crippen LogP contribution is -2.52. The lowest BCUT2D eigenvalue weighted by Gasteiger charge is -2.26. The number of aromatic nitrogens is 3. The zero-order valence-electron chi connectivity index (χ0n) is 17.9. The SMILES string of the molecule is C=C(N/N=C(\F)c1c(F)cccc1C(=O)N[C@H](Cn1nccn1)C(F)(F)CO)c1ccc(F)cc1. The fourth-order valence-corrected chi connectivity index (χ4v) is 2.94. The van der Waals surface area contributed by atoms with E-state index in [1.54, 1.807) is 0 Å². The first-order valence-electron chi connectivity index (χ1n) is 9.99. The van der Waals surface area contributed by atoms with E-state index in [-0.39, 0.29) is 5.70 Å². The van der Waals surface area contributed by atoms with E-state index in [0.29, 0.717) is 5.56 Å². The minimum Gasteiger partial charge on any atom is -0.390 e. The second-order valence-corrected chi connectivity index (χ2v) is 7.19. The molecule has 3 aromatic rings. The smallest absolute Gasteiger partial charge is 0.292 e. The summed E-state index contributed by atoms with van der Waals surface area (Å²) in [6.45, 7) is 1.37. The highest BCUT2D eigenvalue weighted by Crippen LogP contribution is 2.22. The number of carbonyl (C=O) groups is 1. The van der Waals surface area contributed by atoms with E-state index in [1.807, 2.05) is 5.32 Å². The molecule has 2 aromatic carbocycles. The van der Waals surface area contributed by atoms with Crippen molar-refractivity contribution in [3.05, 3.63) is 89.8 Å². The second kappa shape index (κ2) is 10.9. The number of carbonyl (C=O) groups excluding carboxylic acids is 1. The van der Waals surface area contributed by atoms with Gasteiger partial charge >= 0.3 is 0 Å². The van der Waals surface area contributed by atoms with Gasteiger partial charge in [0.15, 0.2) is 0 Å². The average molecular weight is 494 g/mol. The third-order valence-corrected chi connectivity index (χ3v) is 4.78. The van der Waals surface area contributed by atoms with E-state index >= 15 is 0 Å². The van der Waals surface area contributed by atoms with E-state index in [1.165, 1.54) is 24.5 Å². The van der Waals surface area contributed by atoms with Gasteiger partial charge in [0.1, 0.15) is 24.3 Å². The van der Waals surface area contributed by atoms with E-state index < -0.39 is 59.7 Å². The molecule has 3 rings (SSSR count). The Labute approximate surface area is 195 Å². The number of aliphatic hydroxyl groups excluding tert-OH is 1. The molecule has 0 spiro atoms. The Morgan fingerprint density at radius 1 is 1.14 bits per heavy atom. The highest BCUT2D eigenvalue weighted by atomic mass is 19.3. The Kier molecular flexibility index (Phi) is 7.91. The fraction of sp³-hybridized carbons (Fsp3) is 0.182. The van der Waals surface area contributed by atoms with Crippen LogP contribution in [0.4, 0.5) is 22.0 Å². The molecule has 0 unspecified atom stereocenters. The molecule has 1 heterocycles. The summed E-state index contributed by atoms with van der Waals surface area (Å²) in [7, 11) is 0. The van der Waals surface area contributed by atoms with Crippen LogP contribution in [0, 0.1) is 11.6 Å². The molecule has 0 saturated carbocycles. The summed E-state index contributed by atoms with van der Waals surface area (Å²) in [4.78, 5) is 13.6. The van der Waals surface area contributed by atoms with Gasteiger partial charge in [0.2, 0.25) is 5.97 Å². The van der Waals surface area contributed by atoms with Crippen LogP contribution in [0.2, 0.25) is 0 Å². The predicted octanol–water partition coefficient (Wildman–Crippen LogP) is 2.87. The molecule has 1 aromatic heterocycles. The summed E-state index contributed by atoms with van der Waals surface area (Å²) in [5.41, 5.74) is 1.11. The minimum absolute atomic E-state index is 0.0388. The quantitative estimate of drug-likeness (QED) is 0.229. The number of alkyl halides is 2. The zero-order chi connectivity index (χ0) is 25.6. The van der Waals surface area contributed by atoms with Crippen molar-refractivity contribution in [1.29, 1.82) is 0 Å². The molecule has 1 atom stereocenters. The van der Waals surface area contributed by atoms with Crippen LogP contribution in [0.15, 0.2) is 66.5 Å². The lowest BCUT2D eigenvalue weighted by atomic mass is 10.0. The molecule has 1 amide bonds.